The Morgan fingerprint density at radius 3 is 2.37 bits per heavy atom. The largest absolute Gasteiger partial charge is 0.495 e. The third-order valence-electron chi connectivity index (χ3n) is 5.84. The molecule has 9 heteroatoms. The maximum atomic E-state index is 13.4. The van der Waals surface area contributed by atoms with Crippen LogP contribution in [-0.2, 0) is 11.3 Å². The van der Waals surface area contributed by atoms with Gasteiger partial charge in [-0.1, -0.05) is 30.3 Å². The number of ether oxygens (including phenoxy) is 3. The van der Waals surface area contributed by atoms with Gasteiger partial charge in [0.2, 0.25) is 0 Å². The zero-order chi connectivity index (χ0) is 27.3. The lowest BCUT2D eigenvalue weighted by Gasteiger charge is -2.21. The molecule has 0 saturated carbocycles. The molecule has 0 aliphatic carbocycles. The van der Waals surface area contributed by atoms with Crippen LogP contribution in [0.15, 0.2) is 66.7 Å². The number of hydrogen-bond acceptors (Lipinski definition) is 7. The summed E-state index contributed by atoms with van der Waals surface area (Å²) in [5.74, 6) is 0.245. The Hall–Kier alpha value is -3.92. The summed E-state index contributed by atoms with van der Waals surface area (Å²) in [6, 6.07) is 19.5. The molecular weight excluding hydrogens is 484 g/mol. The van der Waals surface area contributed by atoms with Crippen molar-refractivity contribution in [2.24, 2.45) is 11.5 Å². The van der Waals surface area contributed by atoms with E-state index in [0.29, 0.717) is 67.6 Å². The summed E-state index contributed by atoms with van der Waals surface area (Å²) in [6.45, 7) is 2.40. The topological polar surface area (TPSA) is 129 Å². The Kier molecular flexibility index (Phi) is 11.1. The summed E-state index contributed by atoms with van der Waals surface area (Å²) < 4.78 is 16.9. The number of amides is 2. The maximum absolute atomic E-state index is 13.4. The van der Waals surface area contributed by atoms with E-state index in [4.69, 9.17) is 25.7 Å². The first kappa shape index (κ1) is 28.6. The molecule has 0 bridgehead atoms. The predicted molar refractivity (Wildman–Crippen MR) is 149 cm³/mol. The molecule has 0 unspecified atom stereocenters. The van der Waals surface area contributed by atoms with Gasteiger partial charge in [-0.2, -0.15) is 0 Å². The molecule has 0 atom stereocenters. The highest BCUT2D eigenvalue weighted by Gasteiger charge is 2.20. The average Bonchev–Trinajstić information content (AvgIpc) is 2.95. The summed E-state index contributed by atoms with van der Waals surface area (Å²) in [7, 11) is 3.20. The normalized spacial score (nSPS) is 10.6. The van der Waals surface area contributed by atoms with Gasteiger partial charge in [0.1, 0.15) is 11.5 Å². The van der Waals surface area contributed by atoms with Gasteiger partial charge in [0.25, 0.3) is 11.8 Å². The third kappa shape index (κ3) is 7.55. The van der Waals surface area contributed by atoms with Crippen LogP contribution < -0.4 is 31.2 Å². The monoisotopic (exact) mass is 520 g/mol. The van der Waals surface area contributed by atoms with Crippen molar-refractivity contribution in [1.29, 1.82) is 0 Å². The van der Waals surface area contributed by atoms with Crippen LogP contribution in [0.5, 0.6) is 11.5 Å². The Bertz CT molecular complexity index is 1220. The quantitative estimate of drug-likeness (QED) is 0.276. The lowest BCUT2D eigenvalue weighted by atomic mass is 10.1. The van der Waals surface area contributed by atoms with Gasteiger partial charge in [-0.25, -0.2) is 0 Å². The maximum Gasteiger partial charge on any atom is 0.259 e. The minimum atomic E-state index is -0.355. The average molecular weight is 521 g/mol. The van der Waals surface area contributed by atoms with Crippen molar-refractivity contribution in [2.45, 2.75) is 19.4 Å². The van der Waals surface area contributed by atoms with Crippen LogP contribution in [0.3, 0.4) is 0 Å². The predicted octanol–water partition coefficient (Wildman–Crippen LogP) is 3.82. The summed E-state index contributed by atoms with van der Waals surface area (Å²) in [4.78, 5) is 28.0. The molecule has 3 aromatic rings. The second-order valence-electron chi connectivity index (χ2n) is 8.54. The minimum Gasteiger partial charge on any atom is -0.495 e. The highest BCUT2D eigenvalue weighted by Crippen LogP contribution is 2.29. The highest BCUT2D eigenvalue weighted by atomic mass is 16.5. The van der Waals surface area contributed by atoms with Gasteiger partial charge in [-0.3, -0.25) is 9.59 Å². The van der Waals surface area contributed by atoms with Gasteiger partial charge in [-0.05, 0) is 62.3 Å². The minimum absolute atomic E-state index is 0.228. The first-order chi connectivity index (χ1) is 18.5. The molecular formula is C29H36N4O5. The zero-order valence-electron chi connectivity index (χ0n) is 21.9. The lowest BCUT2D eigenvalue weighted by Crippen LogP contribution is -2.27. The van der Waals surface area contributed by atoms with E-state index >= 15 is 0 Å². The van der Waals surface area contributed by atoms with Gasteiger partial charge >= 0.3 is 0 Å². The van der Waals surface area contributed by atoms with Crippen LogP contribution >= 0.6 is 0 Å². The number of para-hydroxylation sites is 2. The molecule has 3 aromatic carbocycles. The molecule has 0 heterocycles. The van der Waals surface area contributed by atoms with Crippen molar-refractivity contribution in [3.8, 4) is 11.5 Å². The van der Waals surface area contributed by atoms with E-state index in [-0.39, 0.29) is 11.8 Å². The standard InChI is InChI=1S/C29H36N4O5/c1-33(25-11-5-3-9-22(25)20-37-17-7-15-30)29(35)21-13-14-24(27(19-21)36-2)32-28(34)23-10-4-6-12-26(23)38-18-8-16-31/h3-6,9-14,19H,7-8,15-18,20,30-31H2,1-2H3,(H,32,34). The van der Waals surface area contributed by atoms with E-state index in [9.17, 15) is 9.59 Å². The van der Waals surface area contributed by atoms with Crippen molar-refractivity contribution in [3.63, 3.8) is 0 Å². The molecule has 0 spiro atoms. The third-order valence-corrected chi connectivity index (χ3v) is 5.84. The van der Waals surface area contributed by atoms with E-state index in [2.05, 4.69) is 5.32 Å². The molecule has 0 radical (unpaired) electrons. The number of benzene rings is 3. The molecule has 202 valence electrons. The summed E-state index contributed by atoms with van der Waals surface area (Å²) in [5.41, 5.74) is 13.9. The molecule has 2 amide bonds. The van der Waals surface area contributed by atoms with Gasteiger partial charge < -0.3 is 35.9 Å². The van der Waals surface area contributed by atoms with Gasteiger partial charge in [0.05, 0.1) is 31.6 Å². The Morgan fingerprint density at radius 2 is 1.61 bits per heavy atom. The van der Waals surface area contributed by atoms with Crippen LogP contribution in [-0.4, -0.2) is 52.3 Å². The molecule has 0 saturated heterocycles. The molecule has 3 rings (SSSR count). The zero-order valence-corrected chi connectivity index (χ0v) is 21.9. The fraction of sp³-hybridized carbons (Fsp3) is 0.310. The number of nitrogens with one attached hydrogen (secondary N) is 1. The lowest BCUT2D eigenvalue weighted by molar-refractivity contribution is 0.0989. The van der Waals surface area contributed by atoms with E-state index in [0.717, 1.165) is 17.7 Å². The van der Waals surface area contributed by atoms with Crippen LogP contribution in [0.2, 0.25) is 0 Å². The number of nitrogens with zero attached hydrogens (tertiary/aromatic N) is 1. The molecule has 0 aliphatic rings. The first-order valence-electron chi connectivity index (χ1n) is 12.5. The Morgan fingerprint density at radius 1 is 0.895 bits per heavy atom. The molecule has 38 heavy (non-hydrogen) atoms. The van der Waals surface area contributed by atoms with Crippen molar-refractivity contribution < 1.29 is 23.8 Å². The number of methoxy groups -OCH3 is 1. The van der Waals surface area contributed by atoms with Crippen molar-refractivity contribution in [3.05, 3.63) is 83.4 Å². The van der Waals surface area contributed by atoms with E-state index in [1.165, 1.54) is 7.11 Å². The van der Waals surface area contributed by atoms with Crippen LogP contribution in [0.4, 0.5) is 11.4 Å². The number of nitrogens with two attached hydrogens (primary N) is 2. The van der Waals surface area contributed by atoms with E-state index in [1.807, 2.05) is 24.3 Å². The number of carbonyl (C=O) groups is 2. The van der Waals surface area contributed by atoms with Crippen LogP contribution in [0.1, 0.15) is 39.1 Å². The van der Waals surface area contributed by atoms with E-state index in [1.54, 1.807) is 54.4 Å². The second-order valence-corrected chi connectivity index (χ2v) is 8.54. The van der Waals surface area contributed by atoms with Crippen molar-refractivity contribution in [2.75, 3.05) is 50.7 Å². The summed E-state index contributed by atoms with van der Waals surface area (Å²) in [6.07, 6.45) is 1.45. The fourth-order valence-electron chi connectivity index (χ4n) is 3.79. The molecule has 0 aromatic heterocycles. The second kappa shape index (κ2) is 14.7. The van der Waals surface area contributed by atoms with E-state index < -0.39 is 0 Å². The number of rotatable bonds is 14. The van der Waals surface area contributed by atoms with Gasteiger partial charge in [0, 0.05) is 30.5 Å². The number of carbonyl (C=O) groups excluding carboxylic acids is 2. The smallest absolute Gasteiger partial charge is 0.259 e. The SMILES string of the molecule is COc1cc(C(=O)N(C)c2ccccc2COCCCN)ccc1NC(=O)c1ccccc1OCCCN. The Labute approximate surface area is 223 Å². The summed E-state index contributed by atoms with van der Waals surface area (Å²) >= 11 is 0. The van der Waals surface area contributed by atoms with Crippen LogP contribution in [0.25, 0.3) is 0 Å². The highest BCUT2D eigenvalue weighted by molar-refractivity contribution is 6.09. The fourth-order valence-corrected chi connectivity index (χ4v) is 3.79. The molecule has 9 nitrogen and oxygen atoms in total. The van der Waals surface area contributed by atoms with Crippen molar-refractivity contribution >= 4 is 23.2 Å². The van der Waals surface area contributed by atoms with Gasteiger partial charge in [0.15, 0.2) is 0 Å². The van der Waals surface area contributed by atoms with Crippen LogP contribution in [0, 0.1) is 0 Å². The molecule has 0 fully saturated rings. The number of hydrogen-bond donors (Lipinski definition) is 3. The first-order valence-corrected chi connectivity index (χ1v) is 12.5. The Balaban J connectivity index is 1.76. The molecule has 0 aliphatic heterocycles. The number of anilines is 2. The summed E-state index contributed by atoms with van der Waals surface area (Å²) in [5, 5.41) is 2.86. The van der Waals surface area contributed by atoms with Crippen molar-refractivity contribution in [1.82, 2.24) is 0 Å². The molecule has 5 N–H and O–H groups in total. The van der Waals surface area contributed by atoms with Gasteiger partial charge in [-0.15, -0.1) is 0 Å².